The molecule has 3 heteroatoms. The summed E-state index contributed by atoms with van der Waals surface area (Å²) in [5, 5.41) is 3.83. The molecule has 0 aliphatic heterocycles. The first-order chi connectivity index (χ1) is 13.2. The number of hydrogen-bond acceptors (Lipinski definition) is 0. The zero-order valence-electron chi connectivity index (χ0n) is 15.2. The Morgan fingerprint density at radius 2 is 0.926 bits per heavy atom. The van der Waals surface area contributed by atoms with E-state index in [4.69, 9.17) is 0 Å². The first kappa shape index (κ1) is 18.3. The van der Waals surface area contributed by atoms with Gasteiger partial charge < -0.3 is 0 Å². The van der Waals surface area contributed by atoms with Crippen molar-refractivity contribution >= 4 is 23.2 Å². The maximum atomic E-state index is 14.0. The normalized spacial score (nSPS) is 22.7. The van der Waals surface area contributed by atoms with Crippen molar-refractivity contribution in [3.63, 3.8) is 0 Å². The van der Waals surface area contributed by atoms with Gasteiger partial charge in [0.15, 0.2) is 0 Å². The van der Waals surface area contributed by atoms with E-state index in [2.05, 4.69) is 72.8 Å². The van der Waals surface area contributed by atoms with Gasteiger partial charge in [-0.3, -0.25) is 0 Å². The van der Waals surface area contributed by atoms with Gasteiger partial charge in [-0.1, -0.05) is 54.6 Å². The van der Waals surface area contributed by atoms with Crippen LogP contribution in [-0.2, 0) is 0 Å². The van der Waals surface area contributed by atoms with E-state index in [1.165, 1.54) is 15.9 Å². The molecule has 4 rings (SSSR count). The van der Waals surface area contributed by atoms with Crippen LogP contribution in [0, 0.1) is 5.92 Å². The van der Waals surface area contributed by atoms with Crippen LogP contribution in [0.15, 0.2) is 91.0 Å². The van der Waals surface area contributed by atoms with Gasteiger partial charge in [-0.15, -0.1) is 0 Å². The fourth-order valence-electron chi connectivity index (χ4n) is 4.38. The van der Waals surface area contributed by atoms with E-state index in [1.54, 1.807) is 0 Å². The van der Waals surface area contributed by atoms with Crippen molar-refractivity contribution in [2.75, 3.05) is 6.16 Å². The highest BCUT2D eigenvalue weighted by atomic mass is 31.2. The van der Waals surface area contributed by atoms with Gasteiger partial charge in [-0.05, 0) is 55.2 Å². The minimum Gasteiger partial charge on any atom is -0.244 e. The maximum absolute atomic E-state index is 14.0. The lowest BCUT2D eigenvalue weighted by atomic mass is 10.1. The quantitative estimate of drug-likeness (QED) is 0.542. The summed E-state index contributed by atoms with van der Waals surface area (Å²) in [6.45, 7) is 0. The molecule has 0 nitrogen and oxygen atoms in total. The van der Waals surface area contributed by atoms with E-state index >= 15 is 0 Å². The summed E-state index contributed by atoms with van der Waals surface area (Å²) in [6, 6.07) is 31.6. The van der Waals surface area contributed by atoms with Crippen LogP contribution in [0.3, 0.4) is 0 Å². The topological polar surface area (TPSA) is 0 Å². The summed E-state index contributed by atoms with van der Waals surface area (Å²) in [4.78, 5) is 0. The number of rotatable bonds is 5. The molecule has 2 unspecified atom stereocenters. The van der Waals surface area contributed by atoms with Gasteiger partial charge in [0.1, 0.15) is 35.5 Å². The Balaban J connectivity index is 1.89. The van der Waals surface area contributed by atoms with Crippen molar-refractivity contribution < 1.29 is 8.78 Å². The summed E-state index contributed by atoms with van der Waals surface area (Å²) < 4.78 is 28.0. The number of halogens is 2. The third kappa shape index (κ3) is 3.56. The Morgan fingerprint density at radius 3 is 1.26 bits per heavy atom. The predicted molar refractivity (Wildman–Crippen MR) is 113 cm³/mol. The van der Waals surface area contributed by atoms with Crippen LogP contribution in [-0.4, -0.2) is 18.5 Å². The highest BCUT2D eigenvalue weighted by Crippen LogP contribution is 2.58. The van der Waals surface area contributed by atoms with Crippen LogP contribution < -0.4 is 15.9 Å². The molecule has 0 aromatic heterocycles. The molecular weight excluding hydrogens is 357 g/mol. The van der Waals surface area contributed by atoms with Gasteiger partial charge in [-0.2, -0.15) is 0 Å². The fraction of sp³-hybridized carbons (Fsp3) is 0.250. The van der Waals surface area contributed by atoms with Crippen molar-refractivity contribution in [3.8, 4) is 0 Å². The van der Waals surface area contributed by atoms with Crippen molar-refractivity contribution in [1.82, 2.24) is 0 Å². The molecule has 0 amide bonds. The second kappa shape index (κ2) is 7.90. The highest BCUT2D eigenvalue weighted by molar-refractivity contribution is 7.95. The van der Waals surface area contributed by atoms with Gasteiger partial charge >= 0.3 is 0 Å². The maximum Gasteiger partial charge on any atom is 0.132 e. The molecule has 0 spiro atoms. The van der Waals surface area contributed by atoms with Crippen LogP contribution in [0.4, 0.5) is 8.78 Å². The van der Waals surface area contributed by atoms with Crippen LogP contribution in [0.25, 0.3) is 0 Å². The minimum atomic E-state index is -1.99. The van der Waals surface area contributed by atoms with Gasteiger partial charge in [0.2, 0.25) is 0 Å². The summed E-state index contributed by atoms with van der Waals surface area (Å²) in [7, 11) is -1.99. The Labute approximate surface area is 160 Å². The molecule has 1 aliphatic rings. The smallest absolute Gasteiger partial charge is 0.132 e. The van der Waals surface area contributed by atoms with Crippen LogP contribution >= 0.6 is 7.26 Å². The molecule has 0 bridgehead atoms. The minimum absolute atomic E-state index is 0.0592. The fourth-order valence-corrected chi connectivity index (χ4v) is 9.02. The lowest BCUT2D eigenvalue weighted by molar-refractivity contribution is 0.199. The van der Waals surface area contributed by atoms with Crippen molar-refractivity contribution in [3.05, 3.63) is 91.0 Å². The molecule has 138 valence electrons. The van der Waals surface area contributed by atoms with E-state index < -0.39 is 19.6 Å². The monoisotopic (exact) mass is 381 g/mol. The summed E-state index contributed by atoms with van der Waals surface area (Å²) >= 11 is 0. The molecule has 1 saturated carbocycles. The summed E-state index contributed by atoms with van der Waals surface area (Å²) in [5.74, 6) is 0.0592. The molecule has 3 aromatic carbocycles. The van der Waals surface area contributed by atoms with E-state index in [0.29, 0.717) is 12.8 Å². The van der Waals surface area contributed by atoms with E-state index in [1.807, 2.05) is 18.2 Å². The molecule has 1 aliphatic carbocycles. The molecule has 3 aromatic rings. The lowest BCUT2D eigenvalue weighted by Crippen LogP contribution is -2.35. The van der Waals surface area contributed by atoms with Crippen LogP contribution in [0.5, 0.6) is 0 Å². The van der Waals surface area contributed by atoms with Crippen molar-refractivity contribution in [2.45, 2.75) is 25.2 Å². The first-order valence-electron chi connectivity index (χ1n) is 9.53. The molecule has 0 radical (unpaired) electrons. The van der Waals surface area contributed by atoms with E-state index in [9.17, 15) is 8.78 Å². The van der Waals surface area contributed by atoms with Gasteiger partial charge in [0, 0.05) is 0 Å². The zero-order valence-corrected chi connectivity index (χ0v) is 16.1. The van der Waals surface area contributed by atoms with Gasteiger partial charge in [-0.25, -0.2) is 8.78 Å². The number of benzene rings is 3. The summed E-state index contributed by atoms with van der Waals surface area (Å²) in [6.07, 6.45) is -1.17. The van der Waals surface area contributed by atoms with Crippen molar-refractivity contribution in [2.24, 2.45) is 5.92 Å². The lowest BCUT2D eigenvalue weighted by Gasteiger charge is -2.29. The van der Waals surface area contributed by atoms with Crippen LogP contribution in [0.1, 0.15) is 12.8 Å². The average molecular weight is 381 g/mol. The van der Waals surface area contributed by atoms with Crippen LogP contribution in [0.2, 0.25) is 0 Å². The predicted octanol–water partition coefficient (Wildman–Crippen LogP) is 5.07. The third-order valence-corrected chi connectivity index (χ3v) is 10.2. The molecule has 27 heavy (non-hydrogen) atoms. The molecule has 0 heterocycles. The Bertz CT molecular complexity index is 745. The molecule has 1 fully saturated rings. The molecule has 0 N–H and O–H groups in total. The molecular formula is C24H24F2P+. The molecule has 2 atom stereocenters. The van der Waals surface area contributed by atoms with Gasteiger partial charge in [0.25, 0.3) is 0 Å². The third-order valence-electron chi connectivity index (χ3n) is 5.63. The largest absolute Gasteiger partial charge is 0.244 e. The molecule has 0 saturated heterocycles. The van der Waals surface area contributed by atoms with E-state index in [-0.39, 0.29) is 5.92 Å². The zero-order chi connectivity index (χ0) is 18.7. The Hall–Kier alpha value is -2.05. The SMILES string of the molecule is FC1CC(C[P+](c2ccccc2)(c2ccccc2)c2ccccc2)CC1F. The van der Waals surface area contributed by atoms with E-state index in [0.717, 1.165) is 6.16 Å². The Kier molecular flexibility index (Phi) is 5.36. The summed E-state index contributed by atoms with van der Waals surface area (Å²) in [5.41, 5.74) is 0. The average Bonchev–Trinajstić information content (AvgIpc) is 3.05. The standard InChI is InChI=1S/C24H24F2P/c25-23-16-19(17-24(23)26)18-27(20-10-4-1-5-11-20,21-12-6-2-7-13-21)22-14-8-3-9-15-22/h1-15,19,23-24H,16-18H2/q+1. The van der Waals surface area contributed by atoms with Gasteiger partial charge in [0.05, 0.1) is 6.16 Å². The number of hydrogen-bond donors (Lipinski definition) is 0. The second-order valence-electron chi connectivity index (χ2n) is 7.37. The number of alkyl halides is 2. The second-order valence-corrected chi connectivity index (χ2v) is 10.9. The first-order valence-corrected chi connectivity index (χ1v) is 11.5. The highest BCUT2D eigenvalue weighted by Gasteiger charge is 2.49. The Morgan fingerprint density at radius 1 is 0.593 bits per heavy atom. The van der Waals surface area contributed by atoms with Crippen molar-refractivity contribution in [1.29, 1.82) is 0 Å².